The Balaban J connectivity index is 2.58. The van der Waals surface area contributed by atoms with Crippen LogP contribution in [0.3, 0.4) is 0 Å². The van der Waals surface area contributed by atoms with Crippen molar-refractivity contribution in [2.75, 3.05) is 12.4 Å². The maximum atomic E-state index is 11.8. The Kier molecular flexibility index (Phi) is 4.71. The van der Waals surface area contributed by atoms with Gasteiger partial charge in [-0.15, -0.1) is 11.3 Å². The van der Waals surface area contributed by atoms with Crippen LogP contribution in [-0.4, -0.2) is 24.1 Å². The Hall–Kier alpha value is -0.940. The van der Waals surface area contributed by atoms with Gasteiger partial charge in [0.15, 0.2) is 5.13 Å². The molecule has 0 aliphatic rings. The third kappa shape index (κ3) is 3.28. The van der Waals surface area contributed by atoms with Gasteiger partial charge >= 0.3 is 0 Å². The molecular formula is C10H16N2O2S. The zero-order valence-corrected chi connectivity index (χ0v) is 10.0. The number of hydrogen-bond donors (Lipinski definition) is 1. The molecule has 1 aromatic heterocycles. The Morgan fingerprint density at radius 3 is 2.93 bits per heavy atom. The van der Waals surface area contributed by atoms with E-state index in [2.05, 4.69) is 10.3 Å². The first kappa shape index (κ1) is 12.1. The summed E-state index contributed by atoms with van der Waals surface area (Å²) in [7, 11) is 1.55. The van der Waals surface area contributed by atoms with Gasteiger partial charge < -0.3 is 4.74 Å². The van der Waals surface area contributed by atoms with Crippen molar-refractivity contribution in [3.63, 3.8) is 0 Å². The molecule has 1 N–H and O–H groups in total. The summed E-state index contributed by atoms with van der Waals surface area (Å²) in [4.78, 5) is 15.8. The molecule has 1 heterocycles. The summed E-state index contributed by atoms with van der Waals surface area (Å²) in [5.74, 6) is 0.0803. The Bertz CT molecular complexity index is 300. The SMILES string of the molecule is CCC(C)C(OC)C(=O)Nc1nccs1. The van der Waals surface area contributed by atoms with Crippen molar-refractivity contribution >= 4 is 22.4 Å². The van der Waals surface area contributed by atoms with Crippen molar-refractivity contribution in [2.24, 2.45) is 5.92 Å². The quantitative estimate of drug-likeness (QED) is 0.840. The minimum atomic E-state index is -0.404. The highest BCUT2D eigenvalue weighted by molar-refractivity contribution is 7.13. The van der Waals surface area contributed by atoms with Crippen LogP contribution in [0.1, 0.15) is 20.3 Å². The first-order valence-electron chi connectivity index (χ1n) is 4.92. The second kappa shape index (κ2) is 5.82. The predicted molar refractivity (Wildman–Crippen MR) is 61.0 cm³/mol. The number of hydrogen-bond acceptors (Lipinski definition) is 4. The second-order valence-electron chi connectivity index (χ2n) is 3.37. The van der Waals surface area contributed by atoms with Crippen molar-refractivity contribution in [1.82, 2.24) is 4.98 Å². The van der Waals surface area contributed by atoms with Crippen LogP contribution in [0.5, 0.6) is 0 Å². The average Bonchev–Trinajstić information content (AvgIpc) is 2.71. The van der Waals surface area contributed by atoms with Crippen molar-refractivity contribution in [2.45, 2.75) is 26.4 Å². The molecule has 15 heavy (non-hydrogen) atoms. The molecule has 1 amide bonds. The number of ether oxygens (including phenoxy) is 1. The van der Waals surface area contributed by atoms with E-state index in [0.717, 1.165) is 6.42 Å². The van der Waals surface area contributed by atoms with Crippen LogP contribution in [0.15, 0.2) is 11.6 Å². The van der Waals surface area contributed by atoms with E-state index >= 15 is 0 Å². The number of nitrogens with zero attached hydrogens (tertiary/aromatic N) is 1. The van der Waals surface area contributed by atoms with Crippen molar-refractivity contribution < 1.29 is 9.53 Å². The van der Waals surface area contributed by atoms with Gasteiger partial charge in [-0.3, -0.25) is 10.1 Å². The second-order valence-corrected chi connectivity index (χ2v) is 4.26. The number of nitrogens with one attached hydrogen (secondary N) is 1. The van der Waals surface area contributed by atoms with Gasteiger partial charge in [-0.05, 0) is 5.92 Å². The lowest BCUT2D eigenvalue weighted by molar-refractivity contribution is -0.128. The van der Waals surface area contributed by atoms with Crippen LogP contribution in [0.25, 0.3) is 0 Å². The molecule has 0 spiro atoms. The number of anilines is 1. The smallest absolute Gasteiger partial charge is 0.255 e. The molecule has 0 bridgehead atoms. The molecule has 0 aliphatic heterocycles. The van der Waals surface area contributed by atoms with Crippen LogP contribution in [0, 0.1) is 5.92 Å². The van der Waals surface area contributed by atoms with E-state index in [0.29, 0.717) is 5.13 Å². The molecule has 1 rings (SSSR count). The van der Waals surface area contributed by atoms with Crippen LogP contribution < -0.4 is 5.32 Å². The normalized spacial score (nSPS) is 14.6. The van der Waals surface area contributed by atoms with Gasteiger partial charge in [-0.2, -0.15) is 0 Å². The van der Waals surface area contributed by atoms with Gasteiger partial charge in [-0.1, -0.05) is 20.3 Å². The van der Waals surface area contributed by atoms with Crippen LogP contribution in [0.2, 0.25) is 0 Å². The minimum absolute atomic E-state index is 0.123. The number of methoxy groups -OCH3 is 1. The molecule has 0 saturated carbocycles. The lowest BCUT2D eigenvalue weighted by Gasteiger charge is -2.19. The first-order valence-corrected chi connectivity index (χ1v) is 5.80. The highest BCUT2D eigenvalue weighted by Crippen LogP contribution is 2.15. The summed E-state index contributed by atoms with van der Waals surface area (Å²) >= 11 is 1.40. The predicted octanol–water partition coefficient (Wildman–Crippen LogP) is 2.14. The van der Waals surface area contributed by atoms with E-state index < -0.39 is 6.10 Å². The summed E-state index contributed by atoms with van der Waals surface area (Å²) in [5.41, 5.74) is 0. The van der Waals surface area contributed by atoms with Gasteiger partial charge in [0.05, 0.1) is 0 Å². The van der Waals surface area contributed by atoms with Crippen LogP contribution in [0.4, 0.5) is 5.13 Å². The van der Waals surface area contributed by atoms with Gasteiger partial charge in [-0.25, -0.2) is 4.98 Å². The lowest BCUT2D eigenvalue weighted by Crippen LogP contribution is -2.34. The molecular weight excluding hydrogens is 212 g/mol. The van der Waals surface area contributed by atoms with E-state index in [1.807, 2.05) is 19.2 Å². The molecule has 4 nitrogen and oxygen atoms in total. The number of carbonyl (C=O) groups excluding carboxylic acids is 1. The molecule has 0 saturated heterocycles. The Labute approximate surface area is 93.7 Å². The van der Waals surface area contributed by atoms with E-state index in [9.17, 15) is 4.79 Å². The summed E-state index contributed by atoms with van der Waals surface area (Å²) in [6.07, 6.45) is 2.16. The standard InChI is InChI=1S/C10H16N2O2S/c1-4-7(2)8(14-3)9(13)12-10-11-5-6-15-10/h5-8H,4H2,1-3H3,(H,11,12,13). The fraction of sp³-hybridized carbons (Fsp3) is 0.600. The summed E-state index contributed by atoms with van der Waals surface area (Å²) in [6, 6.07) is 0. The third-order valence-electron chi connectivity index (χ3n) is 2.34. The summed E-state index contributed by atoms with van der Waals surface area (Å²) in [6.45, 7) is 4.03. The zero-order chi connectivity index (χ0) is 11.3. The molecule has 0 radical (unpaired) electrons. The van der Waals surface area contributed by atoms with E-state index in [1.165, 1.54) is 11.3 Å². The van der Waals surface area contributed by atoms with Gasteiger partial charge in [0, 0.05) is 18.7 Å². The number of thiazole rings is 1. The fourth-order valence-corrected chi connectivity index (χ4v) is 1.81. The zero-order valence-electron chi connectivity index (χ0n) is 9.19. The van der Waals surface area contributed by atoms with Gasteiger partial charge in [0.25, 0.3) is 5.91 Å². The highest BCUT2D eigenvalue weighted by atomic mass is 32.1. The lowest BCUT2D eigenvalue weighted by atomic mass is 10.0. The molecule has 84 valence electrons. The topological polar surface area (TPSA) is 51.2 Å². The van der Waals surface area contributed by atoms with Crippen molar-refractivity contribution in [3.05, 3.63) is 11.6 Å². The maximum Gasteiger partial charge on any atom is 0.255 e. The number of aromatic nitrogens is 1. The van der Waals surface area contributed by atoms with Crippen molar-refractivity contribution in [1.29, 1.82) is 0 Å². The first-order chi connectivity index (χ1) is 7.19. The van der Waals surface area contributed by atoms with Crippen molar-refractivity contribution in [3.8, 4) is 0 Å². The summed E-state index contributed by atoms with van der Waals surface area (Å²) in [5, 5.41) is 5.17. The molecule has 2 unspecified atom stereocenters. The molecule has 0 aliphatic carbocycles. The molecule has 0 aromatic carbocycles. The maximum absolute atomic E-state index is 11.8. The largest absolute Gasteiger partial charge is 0.371 e. The molecule has 1 aromatic rings. The van der Waals surface area contributed by atoms with Gasteiger partial charge in [0.1, 0.15) is 6.10 Å². The fourth-order valence-electron chi connectivity index (χ4n) is 1.27. The monoisotopic (exact) mass is 228 g/mol. The number of amides is 1. The van der Waals surface area contributed by atoms with Gasteiger partial charge in [0.2, 0.25) is 0 Å². The Morgan fingerprint density at radius 1 is 1.73 bits per heavy atom. The van der Waals surface area contributed by atoms with Crippen LogP contribution >= 0.6 is 11.3 Å². The van der Waals surface area contributed by atoms with E-state index in [4.69, 9.17) is 4.74 Å². The summed E-state index contributed by atoms with van der Waals surface area (Å²) < 4.78 is 5.18. The van der Waals surface area contributed by atoms with E-state index in [1.54, 1.807) is 13.3 Å². The Morgan fingerprint density at radius 2 is 2.47 bits per heavy atom. The highest BCUT2D eigenvalue weighted by Gasteiger charge is 2.23. The molecule has 5 heteroatoms. The molecule has 0 fully saturated rings. The number of carbonyl (C=O) groups is 1. The third-order valence-corrected chi connectivity index (χ3v) is 3.02. The molecule has 2 atom stereocenters. The average molecular weight is 228 g/mol. The van der Waals surface area contributed by atoms with Crippen LogP contribution in [-0.2, 0) is 9.53 Å². The number of rotatable bonds is 5. The minimum Gasteiger partial charge on any atom is -0.371 e. The van der Waals surface area contributed by atoms with E-state index in [-0.39, 0.29) is 11.8 Å².